The maximum Gasteiger partial charge on any atom is 0.227 e. The van der Waals surface area contributed by atoms with Gasteiger partial charge in [-0.25, -0.2) is 0 Å². The number of carbonyl (C=O) groups excluding carboxylic acids is 1. The van der Waals surface area contributed by atoms with Crippen molar-refractivity contribution in [1.29, 1.82) is 0 Å². The Bertz CT molecular complexity index is 715. The first-order valence-corrected chi connectivity index (χ1v) is 7.21. The van der Waals surface area contributed by atoms with Crippen LogP contribution >= 0.6 is 11.6 Å². The summed E-state index contributed by atoms with van der Waals surface area (Å²) in [6.45, 7) is 0.445. The molecule has 0 saturated carbocycles. The Kier molecular flexibility index (Phi) is 3.66. The van der Waals surface area contributed by atoms with Crippen LogP contribution in [0.1, 0.15) is 17.5 Å². The number of nitrogens with zero attached hydrogens (tertiary/aromatic N) is 2. The second-order valence-electron chi connectivity index (χ2n) is 5.20. The number of nitrogens with two attached hydrogens (primary N) is 1. The van der Waals surface area contributed by atoms with Crippen LogP contribution in [0.5, 0.6) is 0 Å². The van der Waals surface area contributed by atoms with E-state index in [1.807, 2.05) is 12.1 Å². The quantitative estimate of drug-likeness (QED) is 0.928. The van der Waals surface area contributed by atoms with Crippen LogP contribution in [-0.2, 0) is 17.8 Å². The molecule has 0 radical (unpaired) electrons. The first-order chi connectivity index (χ1) is 10.1. The highest BCUT2D eigenvalue weighted by Gasteiger charge is 2.22. The number of halogens is 1. The van der Waals surface area contributed by atoms with E-state index in [1.54, 1.807) is 24.3 Å². The van der Waals surface area contributed by atoms with E-state index in [0.29, 0.717) is 18.0 Å². The molecular formula is C16H16ClN3O. The summed E-state index contributed by atoms with van der Waals surface area (Å²) in [6, 6.07) is 5.91. The molecule has 0 bridgehead atoms. The minimum atomic E-state index is 0.123. The zero-order valence-corrected chi connectivity index (χ0v) is 12.5. The maximum atomic E-state index is 11.8. The minimum absolute atomic E-state index is 0.123. The number of amides is 1. The van der Waals surface area contributed by atoms with Gasteiger partial charge in [-0.1, -0.05) is 11.6 Å². The van der Waals surface area contributed by atoms with E-state index >= 15 is 0 Å². The van der Waals surface area contributed by atoms with Crippen LogP contribution in [-0.4, -0.2) is 17.9 Å². The second-order valence-corrected chi connectivity index (χ2v) is 5.61. The molecular weight excluding hydrogens is 286 g/mol. The Morgan fingerprint density at radius 3 is 2.86 bits per heavy atom. The van der Waals surface area contributed by atoms with Crippen LogP contribution in [0.15, 0.2) is 30.6 Å². The van der Waals surface area contributed by atoms with E-state index in [1.165, 1.54) is 0 Å². The van der Waals surface area contributed by atoms with Crippen molar-refractivity contribution in [2.45, 2.75) is 19.4 Å². The molecule has 2 N–H and O–H groups in total. The number of fused-ring (bicyclic) bond motifs is 1. The normalized spacial score (nSPS) is 14.2. The van der Waals surface area contributed by atoms with E-state index < -0.39 is 0 Å². The van der Waals surface area contributed by atoms with Crippen molar-refractivity contribution < 1.29 is 4.79 Å². The maximum absolute atomic E-state index is 11.8. The second kappa shape index (κ2) is 5.47. The molecule has 0 spiro atoms. The molecule has 0 fully saturated rings. The highest BCUT2D eigenvalue weighted by Crippen LogP contribution is 2.37. The molecule has 1 aliphatic heterocycles. The fraction of sp³-hybridized carbons (Fsp3) is 0.250. The van der Waals surface area contributed by atoms with E-state index in [9.17, 15) is 4.79 Å². The van der Waals surface area contributed by atoms with Crippen molar-refractivity contribution in [3.05, 3.63) is 46.7 Å². The van der Waals surface area contributed by atoms with E-state index in [0.717, 1.165) is 34.4 Å². The Morgan fingerprint density at radius 2 is 2.10 bits per heavy atom. The summed E-state index contributed by atoms with van der Waals surface area (Å²) in [5.41, 5.74) is 10.5. The molecule has 2 heterocycles. The Morgan fingerprint density at radius 1 is 1.29 bits per heavy atom. The lowest BCUT2D eigenvalue weighted by Gasteiger charge is -2.26. The molecule has 0 atom stereocenters. The predicted octanol–water partition coefficient (Wildman–Crippen LogP) is 2.77. The summed E-state index contributed by atoms with van der Waals surface area (Å²) in [4.78, 5) is 17.6. The lowest BCUT2D eigenvalue weighted by atomic mass is 9.96. The number of rotatable bonds is 2. The zero-order chi connectivity index (χ0) is 15.0. The SMILES string of the molecule is CN1C(=O)CCc2cc(-c3cncc(CN)c3)c(Cl)cc21. The highest BCUT2D eigenvalue weighted by atomic mass is 35.5. The van der Waals surface area contributed by atoms with Gasteiger partial charge in [-0.3, -0.25) is 9.78 Å². The summed E-state index contributed by atoms with van der Waals surface area (Å²) >= 11 is 6.41. The summed E-state index contributed by atoms with van der Waals surface area (Å²) < 4.78 is 0. The molecule has 1 amide bonds. The largest absolute Gasteiger partial charge is 0.326 e. The van der Waals surface area contributed by atoms with Crippen LogP contribution in [0, 0.1) is 0 Å². The van der Waals surface area contributed by atoms with Gasteiger partial charge in [-0.15, -0.1) is 0 Å². The number of benzene rings is 1. The molecule has 0 aliphatic carbocycles. The molecule has 4 nitrogen and oxygen atoms in total. The molecule has 2 aromatic rings. The summed E-state index contributed by atoms with van der Waals surface area (Å²) in [6.07, 6.45) is 4.81. The van der Waals surface area contributed by atoms with E-state index in [4.69, 9.17) is 17.3 Å². The fourth-order valence-electron chi connectivity index (χ4n) is 2.63. The van der Waals surface area contributed by atoms with E-state index in [-0.39, 0.29) is 5.91 Å². The van der Waals surface area contributed by atoms with Crippen LogP contribution in [0.3, 0.4) is 0 Å². The number of hydrogen-bond donors (Lipinski definition) is 1. The average Bonchev–Trinajstić information content (AvgIpc) is 2.51. The molecule has 0 saturated heterocycles. The molecule has 1 aromatic heterocycles. The number of pyridine rings is 1. The first kappa shape index (κ1) is 14.0. The van der Waals surface area contributed by atoms with Crippen molar-refractivity contribution in [3.63, 3.8) is 0 Å². The van der Waals surface area contributed by atoms with Gasteiger partial charge < -0.3 is 10.6 Å². The molecule has 1 aromatic carbocycles. The van der Waals surface area contributed by atoms with Crippen LogP contribution in [0.25, 0.3) is 11.1 Å². The van der Waals surface area contributed by atoms with Crippen molar-refractivity contribution in [2.24, 2.45) is 5.73 Å². The molecule has 5 heteroatoms. The molecule has 1 aliphatic rings. The van der Waals surface area contributed by atoms with Crippen molar-refractivity contribution in [3.8, 4) is 11.1 Å². The monoisotopic (exact) mass is 301 g/mol. The van der Waals surface area contributed by atoms with Gasteiger partial charge in [0, 0.05) is 49.2 Å². The lowest BCUT2D eigenvalue weighted by molar-refractivity contribution is -0.118. The lowest BCUT2D eigenvalue weighted by Crippen LogP contribution is -2.31. The number of aromatic nitrogens is 1. The third-order valence-electron chi connectivity index (χ3n) is 3.85. The van der Waals surface area contributed by atoms with Crippen LogP contribution in [0.2, 0.25) is 5.02 Å². The molecule has 21 heavy (non-hydrogen) atoms. The molecule has 108 valence electrons. The van der Waals surface area contributed by atoms with Gasteiger partial charge >= 0.3 is 0 Å². The number of carbonyl (C=O) groups is 1. The third kappa shape index (κ3) is 2.52. The van der Waals surface area contributed by atoms with Crippen LogP contribution < -0.4 is 10.6 Å². The summed E-state index contributed by atoms with van der Waals surface area (Å²) in [5, 5.41) is 0.617. The molecule has 3 rings (SSSR count). The minimum Gasteiger partial charge on any atom is -0.326 e. The standard InChI is InChI=1S/C16H16ClN3O/c1-20-15-6-14(17)13(5-11(15)2-3-16(20)21)12-4-10(7-18)8-19-9-12/h4-6,8-9H,2-3,7,18H2,1H3. The predicted molar refractivity (Wildman–Crippen MR) is 84.3 cm³/mol. The van der Waals surface area contributed by atoms with Gasteiger partial charge in [0.25, 0.3) is 0 Å². The van der Waals surface area contributed by atoms with Gasteiger partial charge in [0.2, 0.25) is 5.91 Å². The van der Waals surface area contributed by atoms with Crippen molar-refractivity contribution in [2.75, 3.05) is 11.9 Å². The zero-order valence-electron chi connectivity index (χ0n) is 11.8. The van der Waals surface area contributed by atoms with Gasteiger partial charge in [0.05, 0.1) is 5.02 Å². The fourth-order valence-corrected chi connectivity index (χ4v) is 2.90. The highest BCUT2D eigenvalue weighted by molar-refractivity contribution is 6.33. The van der Waals surface area contributed by atoms with Gasteiger partial charge in [-0.05, 0) is 35.7 Å². The van der Waals surface area contributed by atoms with Gasteiger partial charge in [-0.2, -0.15) is 0 Å². The Labute approximate surface area is 128 Å². The van der Waals surface area contributed by atoms with E-state index in [2.05, 4.69) is 11.1 Å². The van der Waals surface area contributed by atoms with Crippen LogP contribution in [0.4, 0.5) is 5.69 Å². The van der Waals surface area contributed by atoms with Crippen molar-refractivity contribution >= 4 is 23.2 Å². The Balaban J connectivity index is 2.10. The third-order valence-corrected chi connectivity index (χ3v) is 4.17. The summed E-state index contributed by atoms with van der Waals surface area (Å²) in [7, 11) is 1.78. The Hall–Kier alpha value is -1.91. The summed E-state index contributed by atoms with van der Waals surface area (Å²) in [5.74, 6) is 0.123. The average molecular weight is 302 g/mol. The topological polar surface area (TPSA) is 59.2 Å². The number of aryl methyl sites for hydroxylation is 1. The van der Waals surface area contributed by atoms with Gasteiger partial charge in [0.15, 0.2) is 0 Å². The van der Waals surface area contributed by atoms with Gasteiger partial charge in [0.1, 0.15) is 0 Å². The van der Waals surface area contributed by atoms with Crippen molar-refractivity contribution in [1.82, 2.24) is 4.98 Å². The smallest absolute Gasteiger partial charge is 0.227 e. The number of anilines is 1. The number of hydrogen-bond acceptors (Lipinski definition) is 3. The first-order valence-electron chi connectivity index (χ1n) is 6.83. The molecule has 0 unspecified atom stereocenters.